The maximum Gasteiger partial charge on any atom is 0.165 e. The van der Waals surface area contributed by atoms with Crippen molar-refractivity contribution in [1.29, 1.82) is 0 Å². The van der Waals surface area contributed by atoms with Gasteiger partial charge in [-0.2, -0.15) is 0 Å². The van der Waals surface area contributed by atoms with Gasteiger partial charge in [-0.05, 0) is 36.6 Å². The third-order valence-electron chi connectivity index (χ3n) is 3.27. The Balaban J connectivity index is 1.53. The van der Waals surface area contributed by atoms with E-state index in [1.807, 2.05) is 18.3 Å². The third-order valence-corrected chi connectivity index (χ3v) is 3.27. The zero-order valence-electron chi connectivity index (χ0n) is 11.2. The predicted octanol–water partition coefficient (Wildman–Crippen LogP) is 3.05. The van der Waals surface area contributed by atoms with Crippen molar-refractivity contribution in [2.24, 2.45) is 0 Å². The Hall–Kier alpha value is -1.94. The van der Waals surface area contributed by atoms with Crippen LogP contribution < -0.4 is 10.1 Å². The highest BCUT2D eigenvalue weighted by Crippen LogP contribution is 2.19. The summed E-state index contributed by atoms with van der Waals surface area (Å²) in [5, 5.41) is 3.44. The fourth-order valence-corrected chi connectivity index (χ4v) is 1.91. The first kappa shape index (κ1) is 13.1. The van der Waals surface area contributed by atoms with Crippen LogP contribution in [0, 0.1) is 5.82 Å². The summed E-state index contributed by atoms with van der Waals surface area (Å²) < 4.78 is 18.8. The van der Waals surface area contributed by atoms with Crippen LogP contribution in [0.1, 0.15) is 24.1 Å². The topological polar surface area (TPSA) is 34.1 Å². The van der Waals surface area contributed by atoms with Crippen LogP contribution in [-0.2, 0) is 13.2 Å². The first-order valence-electron chi connectivity index (χ1n) is 6.86. The van der Waals surface area contributed by atoms with E-state index < -0.39 is 0 Å². The second-order valence-electron chi connectivity index (χ2n) is 5.03. The molecule has 0 saturated heterocycles. The SMILES string of the molecule is Fc1ccccc1OCc1ccc(CNC2CC2)cn1. The standard InChI is InChI=1S/C16H17FN2O/c17-15-3-1-2-4-16(15)20-11-14-6-5-12(10-19-14)9-18-13-7-8-13/h1-6,10,13,18H,7-9,11H2. The maximum atomic E-state index is 13.4. The fraction of sp³-hybridized carbons (Fsp3) is 0.312. The van der Waals surface area contributed by atoms with E-state index in [0.717, 1.165) is 17.8 Å². The minimum absolute atomic E-state index is 0.258. The summed E-state index contributed by atoms with van der Waals surface area (Å²) in [6, 6.07) is 11.0. The van der Waals surface area contributed by atoms with Crippen molar-refractivity contribution in [2.75, 3.05) is 0 Å². The number of rotatable bonds is 6. The molecule has 0 aliphatic heterocycles. The highest BCUT2D eigenvalue weighted by molar-refractivity contribution is 5.24. The van der Waals surface area contributed by atoms with Crippen molar-refractivity contribution in [3.63, 3.8) is 0 Å². The average molecular weight is 272 g/mol. The molecule has 3 rings (SSSR count). The van der Waals surface area contributed by atoms with E-state index in [-0.39, 0.29) is 18.2 Å². The van der Waals surface area contributed by atoms with Crippen molar-refractivity contribution in [3.05, 3.63) is 59.7 Å². The van der Waals surface area contributed by atoms with Gasteiger partial charge in [0.25, 0.3) is 0 Å². The van der Waals surface area contributed by atoms with Crippen LogP contribution in [0.3, 0.4) is 0 Å². The monoisotopic (exact) mass is 272 g/mol. The number of pyridine rings is 1. The molecule has 0 radical (unpaired) electrons. The number of ether oxygens (including phenoxy) is 1. The molecule has 1 aliphatic rings. The van der Waals surface area contributed by atoms with Crippen molar-refractivity contribution in [3.8, 4) is 5.75 Å². The number of para-hydroxylation sites is 1. The quantitative estimate of drug-likeness (QED) is 0.877. The third kappa shape index (κ3) is 3.54. The van der Waals surface area contributed by atoms with Gasteiger partial charge in [-0.3, -0.25) is 4.98 Å². The molecule has 0 bridgehead atoms. The van der Waals surface area contributed by atoms with Gasteiger partial charge in [-0.15, -0.1) is 0 Å². The lowest BCUT2D eigenvalue weighted by molar-refractivity contribution is 0.286. The van der Waals surface area contributed by atoms with Crippen LogP contribution in [0.4, 0.5) is 4.39 Å². The number of nitrogens with one attached hydrogen (secondary N) is 1. The molecule has 1 saturated carbocycles. The molecule has 3 nitrogen and oxygen atoms in total. The Morgan fingerprint density at radius 1 is 1.20 bits per heavy atom. The van der Waals surface area contributed by atoms with E-state index in [1.54, 1.807) is 18.2 Å². The molecule has 104 valence electrons. The zero-order chi connectivity index (χ0) is 13.8. The largest absolute Gasteiger partial charge is 0.484 e. The molecule has 1 fully saturated rings. The molecule has 1 aromatic heterocycles. The van der Waals surface area contributed by atoms with Crippen LogP contribution in [0.5, 0.6) is 5.75 Å². The van der Waals surface area contributed by atoms with Crippen LogP contribution in [0.25, 0.3) is 0 Å². The number of hydrogen-bond donors (Lipinski definition) is 1. The lowest BCUT2D eigenvalue weighted by Crippen LogP contribution is -2.15. The van der Waals surface area contributed by atoms with Gasteiger partial charge in [0, 0.05) is 18.8 Å². The first-order valence-corrected chi connectivity index (χ1v) is 6.86. The predicted molar refractivity (Wildman–Crippen MR) is 74.8 cm³/mol. The molecular formula is C16H17FN2O. The van der Waals surface area contributed by atoms with Crippen LogP contribution in [-0.4, -0.2) is 11.0 Å². The van der Waals surface area contributed by atoms with E-state index in [0.29, 0.717) is 6.04 Å². The molecule has 1 heterocycles. The zero-order valence-corrected chi connectivity index (χ0v) is 11.2. The number of nitrogens with zero attached hydrogens (tertiary/aromatic N) is 1. The maximum absolute atomic E-state index is 13.4. The van der Waals surface area contributed by atoms with E-state index in [1.165, 1.54) is 18.9 Å². The summed E-state index contributed by atoms with van der Waals surface area (Å²) in [6.45, 7) is 1.13. The molecule has 20 heavy (non-hydrogen) atoms. The van der Waals surface area contributed by atoms with Crippen LogP contribution in [0.15, 0.2) is 42.6 Å². The average Bonchev–Trinajstić information content (AvgIpc) is 3.30. The van der Waals surface area contributed by atoms with E-state index >= 15 is 0 Å². The number of benzene rings is 1. The minimum atomic E-state index is -0.349. The summed E-state index contributed by atoms with van der Waals surface area (Å²) in [6.07, 6.45) is 4.40. The van der Waals surface area contributed by atoms with Gasteiger partial charge < -0.3 is 10.1 Å². The Labute approximate surface area is 117 Å². The molecule has 0 spiro atoms. The Kier molecular flexibility index (Phi) is 3.92. The van der Waals surface area contributed by atoms with Gasteiger partial charge in [-0.25, -0.2) is 4.39 Å². The molecule has 4 heteroatoms. The summed E-state index contributed by atoms with van der Waals surface area (Å²) >= 11 is 0. The molecule has 1 aliphatic carbocycles. The number of halogens is 1. The summed E-state index contributed by atoms with van der Waals surface area (Å²) in [5.74, 6) is -0.0912. The van der Waals surface area contributed by atoms with E-state index in [2.05, 4.69) is 10.3 Å². The highest BCUT2D eigenvalue weighted by Gasteiger charge is 2.19. The van der Waals surface area contributed by atoms with Crippen molar-refractivity contribution in [1.82, 2.24) is 10.3 Å². The van der Waals surface area contributed by atoms with Crippen molar-refractivity contribution in [2.45, 2.75) is 32.0 Å². The Morgan fingerprint density at radius 2 is 2.05 bits per heavy atom. The number of hydrogen-bond acceptors (Lipinski definition) is 3. The normalized spacial score (nSPS) is 14.2. The Bertz CT molecular complexity index is 567. The lowest BCUT2D eigenvalue weighted by atomic mass is 10.2. The van der Waals surface area contributed by atoms with Gasteiger partial charge in [0.15, 0.2) is 11.6 Å². The van der Waals surface area contributed by atoms with Gasteiger partial charge in [-0.1, -0.05) is 18.2 Å². The fourth-order valence-electron chi connectivity index (χ4n) is 1.91. The minimum Gasteiger partial charge on any atom is -0.484 e. The van der Waals surface area contributed by atoms with Gasteiger partial charge in [0.2, 0.25) is 0 Å². The summed E-state index contributed by atoms with van der Waals surface area (Å²) in [7, 11) is 0. The molecular weight excluding hydrogens is 255 g/mol. The number of aromatic nitrogens is 1. The molecule has 2 aromatic rings. The van der Waals surface area contributed by atoms with Crippen LogP contribution >= 0.6 is 0 Å². The first-order chi connectivity index (χ1) is 9.81. The summed E-state index contributed by atoms with van der Waals surface area (Å²) in [5.41, 5.74) is 1.95. The molecule has 1 N–H and O–H groups in total. The van der Waals surface area contributed by atoms with Gasteiger partial charge >= 0.3 is 0 Å². The van der Waals surface area contributed by atoms with Gasteiger partial charge in [0.05, 0.1) is 5.69 Å². The van der Waals surface area contributed by atoms with Crippen molar-refractivity contribution < 1.29 is 9.13 Å². The van der Waals surface area contributed by atoms with E-state index in [9.17, 15) is 4.39 Å². The second-order valence-corrected chi connectivity index (χ2v) is 5.03. The molecule has 0 atom stereocenters. The smallest absolute Gasteiger partial charge is 0.165 e. The van der Waals surface area contributed by atoms with Crippen molar-refractivity contribution >= 4 is 0 Å². The lowest BCUT2D eigenvalue weighted by Gasteiger charge is -2.07. The Morgan fingerprint density at radius 3 is 2.75 bits per heavy atom. The summed E-state index contributed by atoms with van der Waals surface area (Å²) in [4.78, 5) is 4.33. The highest BCUT2D eigenvalue weighted by atomic mass is 19.1. The van der Waals surface area contributed by atoms with E-state index in [4.69, 9.17) is 4.74 Å². The van der Waals surface area contributed by atoms with Crippen LogP contribution in [0.2, 0.25) is 0 Å². The molecule has 1 aromatic carbocycles. The molecule has 0 amide bonds. The van der Waals surface area contributed by atoms with Gasteiger partial charge in [0.1, 0.15) is 6.61 Å². The second kappa shape index (κ2) is 6.01. The molecule has 0 unspecified atom stereocenters.